The molecule has 3 aromatic carbocycles. The molecule has 7 heteroatoms. The molecule has 0 saturated heterocycles. The summed E-state index contributed by atoms with van der Waals surface area (Å²) in [6, 6.07) is 19.0. The minimum absolute atomic E-state index is 0.157. The van der Waals surface area contributed by atoms with Crippen molar-refractivity contribution in [1.29, 1.82) is 0 Å². The van der Waals surface area contributed by atoms with Crippen molar-refractivity contribution in [2.24, 2.45) is 0 Å². The van der Waals surface area contributed by atoms with Crippen LogP contribution in [0.15, 0.2) is 66.9 Å². The number of methoxy groups -OCH3 is 3. The van der Waals surface area contributed by atoms with Crippen LogP contribution in [-0.2, 0) is 13.1 Å². The van der Waals surface area contributed by atoms with Crippen LogP contribution >= 0.6 is 11.6 Å². The van der Waals surface area contributed by atoms with E-state index in [0.29, 0.717) is 40.9 Å². The summed E-state index contributed by atoms with van der Waals surface area (Å²) >= 11 is 6.05. The summed E-state index contributed by atoms with van der Waals surface area (Å²) < 4.78 is 16.3. The Morgan fingerprint density at radius 2 is 1.48 bits per heavy atom. The summed E-state index contributed by atoms with van der Waals surface area (Å²) in [6.45, 7) is 0.836. The van der Waals surface area contributed by atoms with Gasteiger partial charge in [0.25, 0.3) is 5.91 Å². The highest BCUT2D eigenvalue weighted by Crippen LogP contribution is 2.38. The van der Waals surface area contributed by atoms with E-state index in [2.05, 4.69) is 11.1 Å². The summed E-state index contributed by atoms with van der Waals surface area (Å²) in [5.41, 5.74) is 3.46. The van der Waals surface area contributed by atoms with Gasteiger partial charge in [0.1, 0.15) is 0 Å². The first-order valence-corrected chi connectivity index (χ1v) is 10.8. The number of fused-ring (bicyclic) bond motifs is 1. The fourth-order valence-corrected chi connectivity index (χ4v) is 3.94. The van der Waals surface area contributed by atoms with Crippen LogP contribution in [0, 0.1) is 0 Å². The van der Waals surface area contributed by atoms with Crippen LogP contribution in [0.4, 0.5) is 0 Å². The van der Waals surface area contributed by atoms with Gasteiger partial charge >= 0.3 is 0 Å². The molecule has 1 N–H and O–H groups in total. The second kappa shape index (κ2) is 9.88. The van der Waals surface area contributed by atoms with Gasteiger partial charge in [-0.3, -0.25) is 4.79 Å². The third kappa shape index (κ3) is 4.91. The number of H-pyrrole nitrogens is 1. The molecular weight excluding hydrogens is 440 g/mol. The first kappa shape index (κ1) is 22.6. The number of hydrogen-bond donors (Lipinski definition) is 1. The predicted octanol–water partition coefficient (Wildman–Crippen LogP) is 5.69. The van der Waals surface area contributed by atoms with Crippen LogP contribution in [0.3, 0.4) is 0 Å². The molecule has 1 aromatic heterocycles. The van der Waals surface area contributed by atoms with E-state index in [1.54, 1.807) is 17.0 Å². The summed E-state index contributed by atoms with van der Waals surface area (Å²) in [7, 11) is 4.59. The lowest BCUT2D eigenvalue weighted by atomic mass is 10.1. The Morgan fingerprint density at radius 3 is 2.12 bits per heavy atom. The van der Waals surface area contributed by atoms with Crippen LogP contribution in [0.25, 0.3) is 10.9 Å². The summed E-state index contributed by atoms with van der Waals surface area (Å²) in [6.07, 6.45) is 1.90. The molecule has 1 heterocycles. The molecule has 0 unspecified atom stereocenters. The molecule has 0 bridgehead atoms. The van der Waals surface area contributed by atoms with Gasteiger partial charge < -0.3 is 24.1 Å². The number of carbonyl (C=O) groups excluding carboxylic acids is 1. The number of carbonyl (C=O) groups is 1. The van der Waals surface area contributed by atoms with Gasteiger partial charge in [-0.15, -0.1) is 0 Å². The highest BCUT2D eigenvalue weighted by atomic mass is 35.5. The quantitative estimate of drug-likeness (QED) is 0.364. The SMILES string of the molecule is COc1cc(C(=O)N(Cc2ccc(Cl)cc2)Cc2ccc3cc[nH]c3c2)cc(OC)c1OC. The van der Waals surface area contributed by atoms with Gasteiger partial charge in [-0.1, -0.05) is 35.9 Å². The maximum Gasteiger partial charge on any atom is 0.254 e. The van der Waals surface area contributed by atoms with E-state index in [9.17, 15) is 4.79 Å². The Hall–Kier alpha value is -3.64. The molecule has 0 atom stereocenters. The molecule has 0 aliphatic heterocycles. The lowest BCUT2D eigenvalue weighted by Gasteiger charge is -2.24. The van der Waals surface area contributed by atoms with E-state index >= 15 is 0 Å². The molecule has 0 radical (unpaired) electrons. The fraction of sp³-hybridized carbons (Fsp3) is 0.192. The zero-order valence-corrected chi connectivity index (χ0v) is 19.5. The lowest BCUT2D eigenvalue weighted by molar-refractivity contribution is 0.0729. The molecule has 0 saturated carbocycles. The second-order valence-corrected chi connectivity index (χ2v) is 8.04. The van der Waals surface area contributed by atoms with Crippen molar-refractivity contribution < 1.29 is 19.0 Å². The Balaban J connectivity index is 1.71. The fourth-order valence-electron chi connectivity index (χ4n) is 3.81. The third-order valence-corrected chi connectivity index (χ3v) is 5.73. The number of aromatic nitrogens is 1. The van der Waals surface area contributed by atoms with E-state index in [-0.39, 0.29) is 5.91 Å². The van der Waals surface area contributed by atoms with Crippen molar-refractivity contribution in [3.63, 3.8) is 0 Å². The van der Waals surface area contributed by atoms with Crippen molar-refractivity contribution in [3.8, 4) is 17.2 Å². The van der Waals surface area contributed by atoms with Crippen molar-refractivity contribution in [2.75, 3.05) is 21.3 Å². The molecule has 6 nitrogen and oxygen atoms in total. The average molecular weight is 465 g/mol. The Kier molecular flexibility index (Phi) is 6.75. The van der Waals surface area contributed by atoms with Crippen LogP contribution in [0.1, 0.15) is 21.5 Å². The van der Waals surface area contributed by atoms with E-state index in [1.807, 2.05) is 48.7 Å². The van der Waals surface area contributed by atoms with Crippen molar-refractivity contribution in [2.45, 2.75) is 13.1 Å². The lowest BCUT2D eigenvalue weighted by Crippen LogP contribution is -2.30. The Bertz CT molecular complexity index is 1240. The molecule has 0 spiro atoms. The largest absolute Gasteiger partial charge is 0.493 e. The first-order valence-electron chi connectivity index (χ1n) is 10.4. The minimum Gasteiger partial charge on any atom is -0.493 e. The molecule has 170 valence electrons. The number of halogens is 1. The topological polar surface area (TPSA) is 63.8 Å². The van der Waals surface area contributed by atoms with E-state index in [0.717, 1.165) is 22.0 Å². The zero-order valence-electron chi connectivity index (χ0n) is 18.7. The molecule has 4 rings (SSSR count). The summed E-state index contributed by atoms with van der Waals surface area (Å²) in [5, 5.41) is 1.78. The maximum atomic E-state index is 13.7. The van der Waals surface area contributed by atoms with Crippen molar-refractivity contribution in [1.82, 2.24) is 9.88 Å². The van der Waals surface area contributed by atoms with Crippen LogP contribution < -0.4 is 14.2 Å². The molecular formula is C26H25ClN2O4. The van der Waals surface area contributed by atoms with Gasteiger partial charge in [-0.25, -0.2) is 0 Å². The van der Waals surface area contributed by atoms with Crippen molar-refractivity contribution in [3.05, 3.63) is 88.6 Å². The smallest absolute Gasteiger partial charge is 0.254 e. The Labute approximate surface area is 197 Å². The second-order valence-electron chi connectivity index (χ2n) is 7.60. The minimum atomic E-state index is -0.157. The number of benzene rings is 3. The monoisotopic (exact) mass is 464 g/mol. The predicted molar refractivity (Wildman–Crippen MR) is 129 cm³/mol. The van der Waals surface area contributed by atoms with Gasteiger partial charge in [0.15, 0.2) is 11.5 Å². The van der Waals surface area contributed by atoms with Crippen LogP contribution in [-0.4, -0.2) is 37.1 Å². The molecule has 4 aromatic rings. The van der Waals surface area contributed by atoms with Gasteiger partial charge in [0, 0.05) is 35.4 Å². The standard InChI is InChI=1S/C26H25ClN2O4/c1-31-23-13-20(14-24(32-2)25(23)33-3)26(30)29(15-17-5-8-21(27)9-6-17)16-18-4-7-19-10-11-28-22(19)12-18/h4-14,28H,15-16H2,1-3H3. The number of nitrogens with zero attached hydrogens (tertiary/aromatic N) is 1. The normalized spacial score (nSPS) is 10.8. The zero-order chi connectivity index (χ0) is 23.4. The molecule has 0 aliphatic rings. The highest BCUT2D eigenvalue weighted by Gasteiger charge is 2.22. The van der Waals surface area contributed by atoms with E-state index in [1.165, 1.54) is 21.3 Å². The number of ether oxygens (including phenoxy) is 3. The van der Waals surface area contributed by atoms with Gasteiger partial charge in [0.05, 0.1) is 21.3 Å². The van der Waals surface area contributed by atoms with Gasteiger partial charge in [0.2, 0.25) is 5.75 Å². The van der Waals surface area contributed by atoms with Crippen molar-refractivity contribution >= 4 is 28.4 Å². The average Bonchev–Trinajstić information content (AvgIpc) is 3.31. The number of amides is 1. The number of rotatable bonds is 8. The number of hydrogen-bond acceptors (Lipinski definition) is 4. The highest BCUT2D eigenvalue weighted by molar-refractivity contribution is 6.30. The van der Waals surface area contributed by atoms with E-state index in [4.69, 9.17) is 25.8 Å². The van der Waals surface area contributed by atoms with Gasteiger partial charge in [-0.05, 0) is 52.9 Å². The van der Waals surface area contributed by atoms with Crippen LogP contribution in [0.2, 0.25) is 5.02 Å². The summed E-state index contributed by atoms with van der Waals surface area (Å²) in [4.78, 5) is 18.7. The molecule has 33 heavy (non-hydrogen) atoms. The number of nitrogens with one attached hydrogen (secondary N) is 1. The first-order chi connectivity index (χ1) is 16.0. The third-order valence-electron chi connectivity index (χ3n) is 5.48. The van der Waals surface area contributed by atoms with Crippen LogP contribution in [0.5, 0.6) is 17.2 Å². The molecule has 1 amide bonds. The molecule has 0 fully saturated rings. The summed E-state index contributed by atoms with van der Waals surface area (Å²) in [5.74, 6) is 1.15. The van der Waals surface area contributed by atoms with E-state index < -0.39 is 0 Å². The van der Waals surface area contributed by atoms with Gasteiger partial charge in [-0.2, -0.15) is 0 Å². The maximum absolute atomic E-state index is 13.7. The number of aromatic amines is 1. The molecule has 0 aliphatic carbocycles. The Morgan fingerprint density at radius 1 is 0.848 bits per heavy atom.